The van der Waals surface area contributed by atoms with Crippen molar-refractivity contribution in [1.29, 1.82) is 0 Å². The van der Waals surface area contributed by atoms with Crippen LogP contribution in [0.5, 0.6) is 0 Å². The predicted molar refractivity (Wildman–Crippen MR) is 112 cm³/mol. The molecule has 1 aliphatic heterocycles. The van der Waals surface area contributed by atoms with Gasteiger partial charge >= 0.3 is 0 Å². The molecule has 0 unspecified atom stereocenters. The molecular formula is C23H25N3O. The number of nitrogens with zero attached hydrogens (tertiary/aromatic N) is 2. The first-order valence-corrected chi connectivity index (χ1v) is 9.55. The van der Waals surface area contributed by atoms with Crippen molar-refractivity contribution in [1.82, 2.24) is 4.90 Å². The van der Waals surface area contributed by atoms with Crippen molar-refractivity contribution in [2.75, 3.05) is 36.4 Å². The average Bonchev–Trinajstić information content (AvgIpc) is 2.74. The van der Waals surface area contributed by atoms with Gasteiger partial charge in [-0.2, -0.15) is 0 Å². The van der Waals surface area contributed by atoms with Crippen molar-refractivity contribution in [3.63, 3.8) is 0 Å². The van der Waals surface area contributed by atoms with Crippen LogP contribution in [0.25, 0.3) is 10.8 Å². The third-order valence-electron chi connectivity index (χ3n) is 5.41. The van der Waals surface area contributed by atoms with E-state index in [4.69, 9.17) is 0 Å². The highest BCUT2D eigenvalue weighted by Gasteiger charge is 2.25. The van der Waals surface area contributed by atoms with E-state index in [1.165, 1.54) is 5.69 Å². The Labute approximate surface area is 160 Å². The molecule has 4 rings (SSSR count). The molecule has 4 heteroatoms. The Morgan fingerprint density at radius 1 is 0.852 bits per heavy atom. The molecule has 0 spiro atoms. The molecule has 1 heterocycles. The Morgan fingerprint density at radius 2 is 1.52 bits per heavy atom. The highest BCUT2D eigenvalue weighted by Crippen LogP contribution is 2.23. The van der Waals surface area contributed by atoms with Gasteiger partial charge in [0.15, 0.2) is 0 Å². The van der Waals surface area contributed by atoms with Gasteiger partial charge in [0.25, 0.3) is 0 Å². The number of amides is 1. The smallest absolute Gasteiger partial charge is 0.241 e. The van der Waals surface area contributed by atoms with E-state index < -0.39 is 0 Å². The van der Waals surface area contributed by atoms with E-state index in [0.29, 0.717) is 0 Å². The van der Waals surface area contributed by atoms with E-state index in [0.717, 1.165) is 42.6 Å². The molecule has 0 saturated carbocycles. The molecular weight excluding hydrogens is 334 g/mol. The van der Waals surface area contributed by atoms with Crippen LogP contribution >= 0.6 is 0 Å². The summed E-state index contributed by atoms with van der Waals surface area (Å²) in [6.07, 6.45) is 0. The molecule has 1 fully saturated rings. The van der Waals surface area contributed by atoms with Gasteiger partial charge in [-0.15, -0.1) is 0 Å². The standard InChI is InChI=1S/C23H25N3O/c1-18(25-14-16-26(17-15-25)20-10-3-2-4-11-20)23(27)24-22-13-7-9-19-8-5-6-12-21(19)22/h2-13,18H,14-17H2,1H3,(H,24,27)/t18-/m0/s1. The summed E-state index contributed by atoms with van der Waals surface area (Å²) in [5.74, 6) is 0.0551. The van der Waals surface area contributed by atoms with Crippen LogP contribution in [0.2, 0.25) is 0 Å². The first-order chi connectivity index (χ1) is 13.2. The molecule has 27 heavy (non-hydrogen) atoms. The molecule has 1 amide bonds. The molecule has 0 aromatic heterocycles. The summed E-state index contributed by atoms with van der Waals surface area (Å²) >= 11 is 0. The minimum Gasteiger partial charge on any atom is -0.369 e. The number of carbonyl (C=O) groups is 1. The van der Waals surface area contributed by atoms with Crippen molar-refractivity contribution >= 4 is 28.1 Å². The van der Waals surface area contributed by atoms with Crippen LogP contribution in [-0.4, -0.2) is 43.0 Å². The summed E-state index contributed by atoms with van der Waals surface area (Å²) in [7, 11) is 0. The highest BCUT2D eigenvalue weighted by atomic mass is 16.2. The van der Waals surface area contributed by atoms with Crippen molar-refractivity contribution < 1.29 is 4.79 Å². The molecule has 1 N–H and O–H groups in total. The Balaban J connectivity index is 1.40. The predicted octanol–water partition coefficient (Wildman–Crippen LogP) is 3.99. The van der Waals surface area contributed by atoms with Crippen LogP contribution in [0, 0.1) is 0 Å². The molecule has 1 aliphatic rings. The number of hydrogen-bond donors (Lipinski definition) is 1. The van der Waals surface area contributed by atoms with Crippen molar-refractivity contribution in [3.8, 4) is 0 Å². The maximum Gasteiger partial charge on any atom is 0.241 e. The van der Waals surface area contributed by atoms with E-state index in [-0.39, 0.29) is 11.9 Å². The second kappa shape index (κ2) is 7.80. The van der Waals surface area contributed by atoms with E-state index in [2.05, 4.69) is 51.5 Å². The lowest BCUT2D eigenvalue weighted by molar-refractivity contribution is -0.120. The summed E-state index contributed by atoms with van der Waals surface area (Å²) in [6.45, 7) is 5.66. The van der Waals surface area contributed by atoms with Gasteiger partial charge in [-0.05, 0) is 30.5 Å². The Kier molecular flexibility index (Phi) is 5.07. The van der Waals surface area contributed by atoms with Gasteiger partial charge in [-0.1, -0.05) is 54.6 Å². The summed E-state index contributed by atoms with van der Waals surface area (Å²) in [6, 6.07) is 24.5. The van der Waals surface area contributed by atoms with Gasteiger partial charge in [0.2, 0.25) is 5.91 Å². The first-order valence-electron chi connectivity index (χ1n) is 9.55. The topological polar surface area (TPSA) is 35.6 Å². The zero-order chi connectivity index (χ0) is 18.6. The maximum atomic E-state index is 12.8. The summed E-state index contributed by atoms with van der Waals surface area (Å²) < 4.78 is 0. The minimum atomic E-state index is -0.151. The zero-order valence-electron chi connectivity index (χ0n) is 15.6. The molecule has 3 aromatic carbocycles. The van der Waals surface area contributed by atoms with Crippen LogP contribution < -0.4 is 10.2 Å². The number of para-hydroxylation sites is 1. The quantitative estimate of drug-likeness (QED) is 0.765. The summed E-state index contributed by atoms with van der Waals surface area (Å²) in [4.78, 5) is 17.5. The fourth-order valence-corrected chi connectivity index (χ4v) is 3.74. The number of nitrogens with one attached hydrogen (secondary N) is 1. The number of hydrogen-bond acceptors (Lipinski definition) is 3. The van der Waals surface area contributed by atoms with Gasteiger partial charge in [0.1, 0.15) is 0 Å². The summed E-state index contributed by atoms with van der Waals surface area (Å²) in [5.41, 5.74) is 2.14. The van der Waals surface area contributed by atoms with E-state index in [1.54, 1.807) is 0 Å². The minimum absolute atomic E-state index is 0.0551. The average molecular weight is 359 g/mol. The number of fused-ring (bicyclic) bond motifs is 1. The Morgan fingerprint density at radius 3 is 2.30 bits per heavy atom. The molecule has 4 nitrogen and oxygen atoms in total. The van der Waals surface area contributed by atoms with E-state index >= 15 is 0 Å². The monoisotopic (exact) mass is 359 g/mol. The van der Waals surface area contributed by atoms with Gasteiger partial charge in [0, 0.05) is 42.9 Å². The van der Waals surface area contributed by atoms with Gasteiger partial charge < -0.3 is 10.2 Å². The lowest BCUT2D eigenvalue weighted by atomic mass is 10.1. The SMILES string of the molecule is C[C@@H](C(=O)Nc1cccc2ccccc12)N1CCN(c2ccccc2)CC1. The summed E-state index contributed by atoms with van der Waals surface area (Å²) in [5, 5.41) is 5.35. The third-order valence-corrected chi connectivity index (χ3v) is 5.41. The molecule has 0 bridgehead atoms. The van der Waals surface area contributed by atoms with Gasteiger partial charge in [0.05, 0.1) is 6.04 Å². The third kappa shape index (κ3) is 3.81. The molecule has 138 valence electrons. The van der Waals surface area contributed by atoms with E-state index in [9.17, 15) is 4.79 Å². The highest BCUT2D eigenvalue weighted by molar-refractivity contribution is 6.03. The fraction of sp³-hybridized carbons (Fsp3) is 0.261. The van der Waals surface area contributed by atoms with Crippen molar-refractivity contribution in [2.24, 2.45) is 0 Å². The molecule has 0 aliphatic carbocycles. The van der Waals surface area contributed by atoms with Crippen LogP contribution in [0.4, 0.5) is 11.4 Å². The second-order valence-corrected chi connectivity index (χ2v) is 7.05. The molecule has 0 radical (unpaired) electrons. The Bertz CT molecular complexity index is 912. The van der Waals surface area contributed by atoms with Gasteiger partial charge in [-0.3, -0.25) is 9.69 Å². The number of piperazine rings is 1. The van der Waals surface area contributed by atoms with Crippen LogP contribution in [0.1, 0.15) is 6.92 Å². The molecule has 1 saturated heterocycles. The fourth-order valence-electron chi connectivity index (χ4n) is 3.74. The second-order valence-electron chi connectivity index (χ2n) is 7.05. The number of benzene rings is 3. The molecule has 1 atom stereocenters. The first kappa shape index (κ1) is 17.6. The van der Waals surface area contributed by atoms with Crippen LogP contribution in [0.15, 0.2) is 72.8 Å². The zero-order valence-corrected chi connectivity index (χ0v) is 15.6. The van der Waals surface area contributed by atoms with Crippen molar-refractivity contribution in [2.45, 2.75) is 13.0 Å². The largest absolute Gasteiger partial charge is 0.369 e. The maximum absolute atomic E-state index is 12.8. The van der Waals surface area contributed by atoms with E-state index in [1.807, 2.05) is 43.3 Å². The lowest BCUT2D eigenvalue weighted by Gasteiger charge is -2.38. The molecule has 3 aromatic rings. The van der Waals surface area contributed by atoms with Crippen LogP contribution in [-0.2, 0) is 4.79 Å². The normalized spacial score (nSPS) is 16.3. The van der Waals surface area contributed by atoms with Gasteiger partial charge in [-0.25, -0.2) is 0 Å². The number of carbonyl (C=O) groups excluding carboxylic acids is 1. The number of anilines is 2. The Hall–Kier alpha value is -2.85. The van der Waals surface area contributed by atoms with Crippen molar-refractivity contribution in [3.05, 3.63) is 72.8 Å². The number of rotatable bonds is 4. The van der Waals surface area contributed by atoms with Crippen LogP contribution in [0.3, 0.4) is 0 Å². The lowest BCUT2D eigenvalue weighted by Crippen LogP contribution is -2.52.